The van der Waals surface area contributed by atoms with E-state index in [-0.39, 0.29) is 38.3 Å². The number of carbonyl (C=O) groups excluding carboxylic acids is 1. The van der Waals surface area contributed by atoms with Crippen LogP contribution in [0.4, 0.5) is 0 Å². The maximum atomic E-state index is 11.1. The molecule has 70 valence electrons. The van der Waals surface area contributed by atoms with E-state index in [9.17, 15) is 4.79 Å². The van der Waals surface area contributed by atoms with Crippen molar-refractivity contribution in [3.63, 3.8) is 0 Å². The van der Waals surface area contributed by atoms with Crippen LogP contribution in [0.3, 0.4) is 0 Å². The number of nitrogens with zero attached hydrogens (tertiary/aromatic N) is 1. The molecule has 0 bridgehead atoms. The summed E-state index contributed by atoms with van der Waals surface area (Å²) in [4.78, 5) is 12.6. The normalized spacial score (nSPS) is 24.7. The Hall–Kier alpha value is -0.650. The molecule has 2 N–H and O–H groups in total. The molecule has 1 aliphatic heterocycles. The van der Waals surface area contributed by atoms with Crippen molar-refractivity contribution in [2.75, 3.05) is 33.0 Å². The van der Waals surface area contributed by atoms with Crippen LogP contribution >= 0.6 is 0 Å². The van der Waals surface area contributed by atoms with Gasteiger partial charge in [-0.05, 0) is 0 Å². The zero-order chi connectivity index (χ0) is 8.97. The Kier molecular flexibility index (Phi) is 3.46. The SMILES string of the molecule is O=C1COCC(CO)N1CCO. The van der Waals surface area contributed by atoms with E-state index in [1.807, 2.05) is 0 Å². The number of morpholine rings is 1. The van der Waals surface area contributed by atoms with Gasteiger partial charge in [0.25, 0.3) is 0 Å². The van der Waals surface area contributed by atoms with Crippen LogP contribution in [-0.2, 0) is 9.53 Å². The Morgan fingerprint density at radius 1 is 1.58 bits per heavy atom. The van der Waals surface area contributed by atoms with Gasteiger partial charge >= 0.3 is 0 Å². The molecular formula is C7H13NO4. The molecule has 0 radical (unpaired) electrons. The van der Waals surface area contributed by atoms with E-state index in [1.165, 1.54) is 4.90 Å². The van der Waals surface area contributed by atoms with Gasteiger partial charge in [0.15, 0.2) is 0 Å². The molecule has 0 aromatic carbocycles. The number of aliphatic hydroxyl groups is 2. The van der Waals surface area contributed by atoms with Crippen molar-refractivity contribution < 1.29 is 19.7 Å². The predicted octanol–water partition coefficient (Wildman–Crippen LogP) is -1.80. The largest absolute Gasteiger partial charge is 0.395 e. The third kappa shape index (κ3) is 1.94. The highest BCUT2D eigenvalue weighted by Gasteiger charge is 2.27. The van der Waals surface area contributed by atoms with Crippen LogP contribution < -0.4 is 0 Å². The van der Waals surface area contributed by atoms with Crippen LogP contribution in [0.15, 0.2) is 0 Å². The molecule has 12 heavy (non-hydrogen) atoms. The Labute approximate surface area is 70.5 Å². The predicted molar refractivity (Wildman–Crippen MR) is 40.5 cm³/mol. The van der Waals surface area contributed by atoms with Crippen molar-refractivity contribution in [1.29, 1.82) is 0 Å². The van der Waals surface area contributed by atoms with Gasteiger partial charge in [0, 0.05) is 6.54 Å². The van der Waals surface area contributed by atoms with E-state index in [4.69, 9.17) is 14.9 Å². The molecule has 1 rings (SSSR count). The van der Waals surface area contributed by atoms with E-state index in [2.05, 4.69) is 0 Å². The topological polar surface area (TPSA) is 70.0 Å². The van der Waals surface area contributed by atoms with Crippen LogP contribution in [0.2, 0.25) is 0 Å². The average molecular weight is 175 g/mol. The maximum Gasteiger partial charge on any atom is 0.249 e. The first-order valence-electron chi connectivity index (χ1n) is 3.88. The molecule has 5 heteroatoms. The summed E-state index contributed by atoms with van der Waals surface area (Å²) in [6.45, 7) is 0.472. The zero-order valence-electron chi connectivity index (χ0n) is 6.77. The highest BCUT2D eigenvalue weighted by atomic mass is 16.5. The third-order valence-electron chi connectivity index (χ3n) is 1.85. The Morgan fingerprint density at radius 2 is 2.33 bits per heavy atom. The van der Waals surface area contributed by atoms with E-state index in [0.717, 1.165) is 0 Å². The molecule has 0 aromatic rings. The molecule has 0 spiro atoms. The van der Waals surface area contributed by atoms with Crippen LogP contribution in [0.5, 0.6) is 0 Å². The van der Waals surface area contributed by atoms with Crippen LogP contribution in [0.25, 0.3) is 0 Å². The molecule has 1 amide bonds. The van der Waals surface area contributed by atoms with Gasteiger partial charge in [-0.25, -0.2) is 0 Å². The molecule has 1 unspecified atom stereocenters. The van der Waals surface area contributed by atoms with E-state index >= 15 is 0 Å². The molecule has 0 aromatic heterocycles. The van der Waals surface area contributed by atoms with Gasteiger partial charge in [-0.3, -0.25) is 4.79 Å². The minimum absolute atomic E-state index is 0.0521. The molecule has 0 aliphatic carbocycles. The lowest BCUT2D eigenvalue weighted by Crippen LogP contribution is -2.52. The highest BCUT2D eigenvalue weighted by Crippen LogP contribution is 2.06. The number of ether oxygens (including phenoxy) is 1. The molecule has 0 saturated carbocycles. The van der Waals surface area contributed by atoms with E-state index < -0.39 is 0 Å². The van der Waals surface area contributed by atoms with Gasteiger partial charge in [0.2, 0.25) is 5.91 Å². The van der Waals surface area contributed by atoms with E-state index in [0.29, 0.717) is 6.61 Å². The fourth-order valence-corrected chi connectivity index (χ4v) is 1.23. The highest BCUT2D eigenvalue weighted by molar-refractivity contribution is 5.78. The number of amides is 1. The van der Waals surface area contributed by atoms with Crippen molar-refractivity contribution in [3.05, 3.63) is 0 Å². The number of β-amino-alcohol motifs (C(OH)–C–C–N with tert-alkyl or cyclic N) is 1. The monoisotopic (exact) mass is 175 g/mol. The second-order valence-electron chi connectivity index (χ2n) is 2.66. The van der Waals surface area contributed by atoms with Crippen molar-refractivity contribution in [2.24, 2.45) is 0 Å². The Bertz CT molecular complexity index is 161. The fraction of sp³-hybridized carbons (Fsp3) is 0.857. The minimum atomic E-state index is -0.293. The minimum Gasteiger partial charge on any atom is -0.395 e. The van der Waals surface area contributed by atoms with Gasteiger partial charge in [-0.1, -0.05) is 0 Å². The lowest BCUT2D eigenvalue weighted by atomic mass is 10.2. The summed E-state index contributed by atoms with van der Waals surface area (Å²) in [7, 11) is 0. The van der Waals surface area contributed by atoms with Crippen molar-refractivity contribution in [1.82, 2.24) is 4.90 Å². The van der Waals surface area contributed by atoms with Crippen molar-refractivity contribution in [3.8, 4) is 0 Å². The summed E-state index contributed by atoms with van der Waals surface area (Å²) in [6, 6.07) is -0.293. The summed E-state index contributed by atoms with van der Waals surface area (Å²) in [5, 5.41) is 17.5. The van der Waals surface area contributed by atoms with Gasteiger partial charge < -0.3 is 19.8 Å². The smallest absolute Gasteiger partial charge is 0.249 e. The first kappa shape index (κ1) is 9.44. The molecule has 1 fully saturated rings. The van der Waals surface area contributed by atoms with Crippen LogP contribution in [0, 0.1) is 0 Å². The Morgan fingerprint density at radius 3 is 2.92 bits per heavy atom. The number of carbonyl (C=O) groups is 1. The molecule has 1 heterocycles. The summed E-state index contributed by atoms with van der Waals surface area (Å²) in [5.74, 6) is -0.172. The first-order valence-corrected chi connectivity index (χ1v) is 3.88. The zero-order valence-corrected chi connectivity index (χ0v) is 6.77. The molecular weight excluding hydrogens is 162 g/mol. The number of rotatable bonds is 3. The molecule has 1 aliphatic rings. The lowest BCUT2D eigenvalue weighted by Gasteiger charge is -2.33. The molecule has 1 atom stereocenters. The summed E-state index contributed by atoms with van der Waals surface area (Å²) >= 11 is 0. The summed E-state index contributed by atoms with van der Waals surface area (Å²) in [5.41, 5.74) is 0. The van der Waals surface area contributed by atoms with Crippen LogP contribution in [0.1, 0.15) is 0 Å². The van der Waals surface area contributed by atoms with Crippen LogP contribution in [-0.4, -0.2) is 60.0 Å². The average Bonchev–Trinajstić information content (AvgIpc) is 2.09. The second kappa shape index (κ2) is 4.39. The van der Waals surface area contributed by atoms with Crippen molar-refractivity contribution >= 4 is 5.91 Å². The van der Waals surface area contributed by atoms with Gasteiger partial charge in [-0.2, -0.15) is 0 Å². The van der Waals surface area contributed by atoms with Gasteiger partial charge in [-0.15, -0.1) is 0 Å². The second-order valence-corrected chi connectivity index (χ2v) is 2.66. The summed E-state index contributed by atoms with van der Waals surface area (Å²) in [6.07, 6.45) is 0. The Balaban J connectivity index is 2.53. The standard InChI is InChI=1S/C7H13NO4/c9-2-1-8-6(3-10)4-12-5-7(8)11/h6,9-10H,1-5H2. The molecule has 5 nitrogen and oxygen atoms in total. The summed E-state index contributed by atoms with van der Waals surface area (Å²) < 4.78 is 4.93. The van der Waals surface area contributed by atoms with Gasteiger partial charge in [0.05, 0.1) is 25.9 Å². The quantitative estimate of drug-likeness (QED) is 0.531. The number of hydrogen-bond donors (Lipinski definition) is 2. The third-order valence-corrected chi connectivity index (χ3v) is 1.85. The maximum absolute atomic E-state index is 11.1. The number of hydrogen-bond acceptors (Lipinski definition) is 4. The fourth-order valence-electron chi connectivity index (χ4n) is 1.23. The molecule has 1 saturated heterocycles. The van der Waals surface area contributed by atoms with E-state index in [1.54, 1.807) is 0 Å². The lowest BCUT2D eigenvalue weighted by molar-refractivity contribution is -0.150. The van der Waals surface area contributed by atoms with Crippen molar-refractivity contribution in [2.45, 2.75) is 6.04 Å². The first-order chi connectivity index (χ1) is 5.79. The van der Waals surface area contributed by atoms with Gasteiger partial charge in [0.1, 0.15) is 6.61 Å². The number of aliphatic hydroxyl groups excluding tert-OH is 2.